The van der Waals surface area contributed by atoms with E-state index in [1.807, 2.05) is 17.0 Å². The van der Waals surface area contributed by atoms with Crippen LogP contribution in [0.3, 0.4) is 0 Å². The standard InChI is InChI=1S/C21H29N3O/c1-4-16(2)21(23)13-24(15-22)20-11-9-19(10-12-20)18-7-5-17(6-8-18)14-25-3/h5-12,15-16,21-22H,4,13-14,23H2,1-3H3/t16-,21+/m0/s1. The number of anilines is 1. The van der Waals surface area contributed by atoms with Crippen LogP contribution in [0.25, 0.3) is 11.1 Å². The van der Waals surface area contributed by atoms with Crippen LogP contribution in [0.1, 0.15) is 25.8 Å². The Morgan fingerprint density at radius 2 is 1.64 bits per heavy atom. The summed E-state index contributed by atoms with van der Waals surface area (Å²) in [6.45, 7) is 5.59. The Hall–Kier alpha value is -2.17. The summed E-state index contributed by atoms with van der Waals surface area (Å²) in [7, 11) is 1.70. The lowest BCUT2D eigenvalue weighted by molar-refractivity contribution is 0.185. The van der Waals surface area contributed by atoms with Crippen molar-refractivity contribution in [1.82, 2.24) is 0 Å². The number of nitrogens with zero attached hydrogens (tertiary/aromatic N) is 1. The minimum absolute atomic E-state index is 0.0552. The van der Waals surface area contributed by atoms with Crippen molar-refractivity contribution in [2.45, 2.75) is 32.9 Å². The average Bonchev–Trinajstić information content (AvgIpc) is 2.66. The SMILES string of the molecule is CC[C@H](C)[C@H](N)CN(C=N)c1ccc(-c2ccc(COC)cc2)cc1. The molecular weight excluding hydrogens is 310 g/mol. The third-order valence-corrected chi connectivity index (χ3v) is 4.74. The third kappa shape index (κ3) is 5.15. The Labute approximate surface area is 151 Å². The van der Waals surface area contributed by atoms with Crippen molar-refractivity contribution in [2.75, 3.05) is 18.6 Å². The largest absolute Gasteiger partial charge is 0.380 e. The highest BCUT2D eigenvalue weighted by Crippen LogP contribution is 2.24. The fraction of sp³-hybridized carbons (Fsp3) is 0.381. The van der Waals surface area contributed by atoms with Gasteiger partial charge in [0.1, 0.15) is 0 Å². The maximum absolute atomic E-state index is 7.70. The summed E-state index contributed by atoms with van der Waals surface area (Å²) in [5.74, 6) is 0.437. The molecular formula is C21H29N3O. The molecule has 0 aromatic heterocycles. The molecule has 2 rings (SSSR count). The first-order chi connectivity index (χ1) is 12.1. The number of benzene rings is 2. The smallest absolute Gasteiger partial charge is 0.0862 e. The summed E-state index contributed by atoms with van der Waals surface area (Å²) in [6, 6.07) is 16.7. The van der Waals surface area contributed by atoms with E-state index >= 15 is 0 Å². The van der Waals surface area contributed by atoms with Gasteiger partial charge in [-0.1, -0.05) is 56.7 Å². The second kappa shape index (κ2) is 9.35. The predicted molar refractivity (Wildman–Crippen MR) is 106 cm³/mol. The molecule has 0 saturated heterocycles. The Morgan fingerprint density at radius 1 is 1.08 bits per heavy atom. The van der Waals surface area contributed by atoms with Crippen molar-refractivity contribution in [2.24, 2.45) is 11.7 Å². The fourth-order valence-electron chi connectivity index (χ4n) is 2.75. The molecule has 0 heterocycles. The number of methoxy groups -OCH3 is 1. The molecule has 0 aliphatic heterocycles. The van der Waals surface area contributed by atoms with E-state index in [0.717, 1.165) is 23.2 Å². The third-order valence-electron chi connectivity index (χ3n) is 4.74. The molecule has 0 saturated carbocycles. The molecule has 0 spiro atoms. The quantitative estimate of drug-likeness (QED) is 0.529. The highest BCUT2D eigenvalue weighted by atomic mass is 16.5. The normalized spacial score (nSPS) is 13.3. The van der Waals surface area contributed by atoms with Gasteiger partial charge in [-0.05, 0) is 34.7 Å². The van der Waals surface area contributed by atoms with Gasteiger partial charge in [0, 0.05) is 25.4 Å². The molecule has 0 unspecified atom stereocenters. The maximum Gasteiger partial charge on any atom is 0.0862 e. The molecule has 0 bridgehead atoms. The molecule has 4 heteroatoms. The lowest BCUT2D eigenvalue weighted by atomic mass is 9.99. The van der Waals surface area contributed by atoms with Gasteiger partial charge < -0.3 is 15.4 Å². The zero-order chi connectivity index (χ0) is 18.2. The monoisotopic (exact) mass is 339 g/mol. The van der Waals surface area contributed by atoms with E-state index in [4.69, 9.17) is 15.9 Å². The molecule has 2 atom stereocenters. The van der Waals surface area contributed by atoms with E-state index in [-0.39, 0.29) is 6.04 Å². The van der Waals surface area contributed by atoms with Crippen LogP contribution in [0.4, 0.5) is 5.69 Å². The number of hydrogen-bond donors (Lipinski definition) is 2. The molecule has 0 aliphatic carbocycles. The first kappa shape index (κ1) is 19.2. The molecule has 2 aromatic rings. The zero-order valence-electron chi connectivity index (χ0n) is 15.4. The van der Waals surface area contributed by atoms with E-state index in [1.165, 1.54) is 11.9 Å². The second-order valence-electron chi connectivity index (χ2n) is 6.51. The van der Waals surface area contributed by atoms with Gasteiger partial charge in [-0.3, -0.25) is 5.41 Å². The molecule has 25 heavy (non-hydrogen) atoms. The molecule has 2 aromatic carbocycles. The minimum Gasteiger partial charge on any atom is -0.380 e. The summed E-state index contributed by atoms with van der Waals surface area (Å²) < 4.78 is 5.15. The maximum atomic E-state index is 7.70. The Bertz CT molecular complexity index is 652. The Balaban J connectivity index is 2.10. The lowest BCUT2D eigenvalue weighted by Gasteiger charge is -2.26. The second-order valence-corrected chi connectivity index (χ2v) is 6.51. The minimum atomic E-state index is 0.0552. The van der Waals surface area contributed by atoms with E-state index in [1.54, 1.807) is 7.11 Å². The summed E-state index contributed by atoms with van der Waals surface area (Å²) in [5, 5.41) is 7.70. The van der Waals surface area contributed by atoms with E-state index in [0.29, 0.717) is 19.1 Å². The van der Waals surface area contributed by atoms with Gasteiger partial charge in [0.05, 0.1) is 12.9 Å². The highest BCUT2D eigenvalue weighted by molar-refractivity contribution is 5.78. The Kier molecular flexibility index (Phi) is 7.16. The van der Waals surface area contributed by atoms with E-state index < -0.39 is 0 Å². The first-order valence-corrected chi connectivity index (χ1v) is 8.80. The van der Waals surface area contributed by atoms with Crippen molar-refractivity contribution in [3.63, 3.8) is 0 Å². The summed E-state index contributed by atoms with van der Waals surface area (Å²) >= 11 is 0. The van der Waals surface area contributed by atoms with Gasteiger partial charge in [-0.2, -0.15) is 0 Å². The van der Waals surface area contributed by atoms with Crippen molar-refractivity contribution in [3.8, 4) is 11.1 Å². The van der Waals surface area contributed by atoms with Crippen LogP contribution in [0.15, 0.2) is 48.5 Å². The molecule has 0 radical (unpaired) electrons. The van der Waals surface area contributed by atoms with Gasteiger partial charge in [0.25, 0.3) is 0 Å². The van der Waals surface area contributed by atoms with Crippen LogP contribution < -0.4 is 10.6 Å². The summed E-state index contributed by atoms with van der Waals surface area (Å²) in [5.41, 5.74) is 10.7. The fourth-order valence-corrected chi connectivity index (χ4v) is 2.75. The highest BCUT2D eigenvalue weighted by Gasteiger charge is 2.15. The van der Waals surface area contributed by atoms with Gasteiger partial charge in [0.15, 0.2) is 0 Å². The summed E-state index contributed by atoms with van der Waals surface area (Å²) in [6.07, 6.45) is 2.40. The van der Waals surface area contributed by atoms with Crippen molar-refractivity contribution < 1.29 is 4.74 Å². The van der Waals surface area contributed by atoms with Crippen LogP contribution in [-0.4, -0.2) is 26.0 Å². The number of nitrogens with one attached hydrogen (secondary N) is 1. The lowest BCUT2D eigenvalue weighted by Crippen LogP contribution is -2.40. The van der Waals surface area contributed by atoms with Crippen molar-refractivity contribution in [1.29, 1.82) is 5.41 Å². The number of rotatable bonds is 9. The van der Waals surface area contributed by atoms with Crippen LogP contribution in [0.5, 0.6) is 0 Å². The molecule has 0 fully saturated rings. The number of nitrogens with two attached hydrogens (primary N) is 1. The summed E-state index contributed by atoms with van der Waals surface area (Å²) in [4.78, 5) is 1.91. The van der Waals surface area contributed by atoms with Crippen LogP contribution in [0.2, 0.25) is 0 Å². The number of ether oxygens (including phenoxy) is 1. The van der Waals surface area contributed by atoms with Crippen LogP contribution in [-0.2, 0) is 11.3 Å². The Morgan fingerprint density at radius 3 is 2.12 bits per heavy atom. The molecule has 0 amide bonds. The van der Waals surface area contributed by atoms with Crippen LogP contribution >= 0.6 is 0 Å². The van der Waals surface area contributed by atoms with Crippen molar-refractivity contribution in [3.05, 3.63) is 54.1 Å². The predicted octanol–water partition coefficient (Wildman–Crippen LogP) is 4.29. The first-order valence-electron chi connectivity index (χ1n) is 8.80. The zero-order valence-corrected chi connectivity index (χ0v) is 15.4. The molecule has 0 aliphatic rings. The molecule has 3 N–H and O–H groups in total. The number of hydrogen-bond acceptors (Lipinski definition) is 3. The van der Waals surface area contributed by atoms with Gasteiger partial charge in [-0.25, -0.2) is 0 Å². The topological polar surface area (TPSA) is 62.3 Å². The van der Waals surface area contributed by atoms with Gasteiger partial charge in [-0.15, -0.1) is 0 Å². The average molecular weight is 339 g/mol. The molecule has 134 valence electrons. The van der Waals surface area contributed by atoms with Crippen LogP contribution in [0, 0.1) is 11.3 Å². The van der Waals surface area contributed by atoms with Gasteiger partial charge >= 0.3 is 0 Å². The van der Waals surface area contributed by atoms with Gasteiger partial charge in [0.2, 0.25) is 0 Å². The molecule has 4 nitrogen and oxygen atoms in total. The van der Waals surface area contributed by atoms with Crippen molar-refractivity contribution >= 4 is 12.0 Å². The van der Waals surface area contributed by atoms with E-state index in [2.05, 4.69) is 50.2 Å². The van der Waals surface area contributed by atoms with E-state index in [9.17, 15) is 0 Å².